The first kappa shape index (κ1) is 15.5. The van der Waals surface area contributed by atoms with Gasteiger partial charge in [-0.2, -0.15) is 0 Å². The van der Waals surface area contributed by atoms with Crippen LogP contribution in [0.25, 0.3) is 21.7 Å². The van der Waals surface area contributed by atoms with Gasteiger partial charge in [-0.05, 0) is 22.4 Å². The second-order valence-electron chi connectivity index (χ2n) is 5.51. The molecule has 0 aliphatic carbocycles. The summed E-state index contributed by atoms with van der Waals surface area (Å²) in [6.45, 7) is 0. The van der Waals surface area contributed by atoms with Crippen molar-refractivity contribution in [2.24, 2.45) is 0 Å². The van der Waals surface area contributed by atoms with Gasteiger partial charge in [0.2, 0.25) is 0 Å². The number of thioether (sulfide) groups is 1. The van der Waals surface area contributed by atoms with E-state index < -0.39 is 5.63 Å². The van der Waals surface area contributed by atoms with Crippen molar-refractivity contribution >= 4 is 39.3 Å². The number of aromatic amines is 1. The predicted molar refractivity (Wildman–Crippen MR) is 98.8 cm³/mol. The molecule has 0 aliphatic rings. The Morgan fingerprint density at radius 3 is 2.80 bits per heavy atom. The Bertz CT molecular complexity index is 1210. The Balaban J connectivity index is 1.84. The third kappa shape index (κ3) is 3.01. The van der Waals surface area contributed by atoms with Crippen LogP contribution in [-0.4, -0.2) is 9.97 Å². The van der Waals surface area contributed by atoms with Crippen LogP contribution in [-0.2, 0) is 5.75 Å². The number of nitrogens with zero attached hydrogens (tertiary/aromatic N) is 1. The number of aromatic nitrogens is 2. The molecule has 25 heavy (non-hydrogen) atoms. The van der Waals surface area contributed by atoms with Crippen LogP contribution >= 0.6 is 11.8 Å². The molecule has 4 aromatic rings. The molecule has 0 spiro atoms. The Morgan fingerprint density at radius 1 is 1.12 bits per heavy atom. The topological polar surface area (TPSA) is 102 Å². The van der Waals surface area contributed by atoms with E-state index in [2.05, 4.69) is 9.97 Å². The van der Waals surface area contributed by atoms with Crippen molar-refractivity contribution in [3.05, 3.63) is 74.9 Å². The summed E-state index contributed by atoms with van der Waals surface area (Å²) in [5, 5.41) is 3.36. The molecule has 0 saturated heterocycles. The molecule has 7 heteroatoms. The van der Waals surface area contributed by atoms with Gasteiger partial charge in [-0.25, -0.2) is 9.78 Å². The highest BCUT2D eigenvalue weighted by molar-refractivity contribution is 7.98. The highest BCUT2D eigenvalue weighted by Crippen LogP contribution is 2.30. The van der Waals surface area contributed by atoms with E-state index in [1.54, 1.807) is 6.07 Å². The highest BCUT2D eigenvalue weighted by atomic mass is 32.2. The molecule has 2 aromatic carbocycles. The molecule has 2 heterocycles. The Hall–Kier alpha value is -3.06. The smallest absolute Gasteiger partial charge is 0.336 e. The fraction of sp³-hybridized carbons (Fsp3) is 0.0556. The van der Waals surface area contributed by atoms with Crippen molar-refractivity contribution in [3.63, 3.8) is 0 Å². The second kappa shape index (κ2) is 6.10. The predicted octanol–water partition coefficient (Wildman–Crippen LogP) is 2.90. The molecule has 2 aromatic heterocycles. The third-order valence-corrected chi connectivity index (χ3v) is 4.74. The molecule has 4 rings (SSSR count). The summed E-state index contributed by atoms with van der Waals surface area (Å²) >= 11 is 1.31. The maximum absolute atomic E-state index is 11.9. The number of nitrogens with two attached hydrogens (primary N) is 1. The van der Waals surface area contributed by atoms with E-state index in [1.807, 2.05) is 30.3 Å². The largest absolute Gasteiger partial charge is 0.423 e. The molecule has 0 aliphatic heterocycles. The molecular weight excluding hydrogens is 338 g/mol. The van der Waals surface area contributed by atoms with Crippen LogP contribution < -0.4 is 16.9 Å². The van der Waals surface area contributed by atoms with Gasteiger partial charge in [-0.1, -0.05) is 42.1 Å². The molecule has 0 radical (unpaired) electrons. The van der Waals surface area contributed by atoms with Crippen molar-refractivity contribution < 1.29 is 4.42 Å². The molecule has 0 amide bonds. The summed E-state index contributed by atoms with van der Waals surface area (Å²) in [6.07, 6.45) is 0. The molecule has 124 valence electrons. The van der Waals surface area contributed by atoms with E-state index in [0.717, 1.165) is 21.7 Å². The summed E-state index contributed by atoms with van der Waals surface area (Å²) in [7, 11) is 0. The van der Waals surface area contributed by atoms with Gasteiger partial charge in [0.1, 0.15) is 11.4 Å². The van der Waals surface area contributed by atoms with Crippen LogP contribution in [0, 0.1) is 0 Å². The van der Waals surface area contributed by atoms with Crippen LogP contribution in [0.1, 0.15) is 5.56 Å². The van der Waals surface area contributed by atoms with Gasteiger partial charge in [0, 0.05) is 23.3 Å². The number of hydrogen-bond acceptors (Lipinski definition) is 6. The quantitative estimate of drug-likeness (QED) is 0.255. The van der Waals surface area contributed by atoms with Gasteiger partial charge in [0.05, 0.1) is 0 Å². The normalized spacial score (nSPS) is 11.2. The number of nitrogen functional groups attached to an aromatic ring is 1. The van der Waals surface area contributed by atoms with Crippen LogP contribution in [0.2, 0.25) is 0 Å². The lowest BCUT2D eigenvalue weighted by molar-refractivity contribution is 0.560. The van der Waals surface area contributed by atoms with Gasteiger partial charge >= 0.3 is 5.63 Å². The van der Waals surface area contributed by atoms with Gasteiger partial charge in [-0.3, -0.25) is 4.79 Å². The summed E-state index contributed by atoms with van der Waals surface area (Å²) in [5.41, 5.74) is 6.25. The van der Waals surface area contributed by atoms with Crippen molar-refractivity contribution in [2.75, 3.05) is 5.73 Å². The molecule has 0 fully saturated rings. The van der Waals surface area contributed by atoms with Crippen molar-refractivity contribution in [2.45, 2.75) is 10.9 Å². The highest BCUT2D eigenvalue weighted by Gasteiger charge is 2.11. The lowest BCUT2D eigenvalue weighted by Gasteiger charge is -2.08. The SMILES string of the molecule is Nc1cc(=O)[nH]c(SCc2cc(=O)oc3ccc4ccccc4c23)n1. The first-order valence-electron chi connectivity index (χ1n) is 7.54. The minimum Gasteiger partial charge on any atom is -0.423 e. The Morgan fingerprint density at radius 2 is 1.96 bits per heavy atom. The maximum Gasteiger partial charge on any atom is 0.336 e. The van der Waals surface area contributed by atoms with Crippen LogP contribution in [0.3, 0.4) is 0 Å². The van der Waals surface area contributed by atoms with E-state index in [9.17, 15) is 9.59 Å². The van der Waals surface area contributed by atoms with Crippen molar-refractivity contribution in [3.8, 4) is 0 Å². The second-order valence-corrected chi connectivity index (χ2v) is 6.48. The van der Waals surface area contributed by atoms with Gasteiger partial charge in [0.15, 0.2) is 5.16 Å². The third-order valence-electron chi connectivity index (χ3n) is 3.82. The van der Waals surface area contributed by atoms with Crippen LogP contribution in [0.4, 0.5) is 5.82 Å². The van der Waals surface area contributed by atoms with Crippen LogP contribution in [0.15, 0.2) is 67.7 Å². The molecule has 0 saturated carbocycles. The number of benzene rings is 2. The standard InChI is InChI=1S/C18H13N3O3S/c19-14-8-15(22)21-18(20-14)25-9-11-7-16(23)24-13-6-5-10-3-1-2-4-12(10)17(11)13/h1-8H,9H2,(H3,19,20,21,22). The maximum atomic E-state index is 11.9. The van der Waals surface area contributed by atoms with Gasteiger partial charge in [-0.15, -0.1) is 0 Å². The Labute approximate surface area is 145 Å². The minimum atomic E-state index is -0.410. The average molecular weight is 351 g/mol. The molecular formula is C18H13N3O3S. The monoisotopic (exact) mass is 351 g/mol. The first-order chi connectivity index (χ1) is 12.1. The van der Waals surface area contributed by atoms with Gasteiger partial charge in [0.25, 0.3) is 5.56 Å². The summed E-state index contributed by atoms with van der Waals surface area (Å²) in [5.74, 6) is 0.608. The zero-order chi connectivity index (χ0) is 17.4. The molecule has 0 bridgehead atoms. The molecule has 0 atom stereocenters. The van der Waals surface area contributed by atoms with E-state index in [-0.39, 0.29) is 11.4 Å². The van der Waals surface area contributed by atoms with Crippen molar-refractivity contribution in [1.82, 2.24) is 9.97 Å². The number of anilines is 1. The lowest BCUT2D eigenvalue weighted by Crippen LogP contribution is -2.09. The summed E-state index contributed by atoms with van der Waals surface area (Å²) in [4.78, 5) is 30.1. The first-order valence-corrected chi connectivity index (χ1v) is 8.53. The van der Waals surface area contributed by atoms with Crippen molar-refractivity contribution in [1.29, 1.82) is 0 Å². The van der Waals surface area contributed by atoms with Crippen LogP contribution in [0.5, 0.6) is 0 Å². The zero-order valence-electron chi connectivity index (χ0n) is 13.0. The molecule has 6 nitrogen and oxygen atoms in total. The van der Waals surface area contributed by atoms with Gasteiger partial charge < -0.3 is 15.1 Å². The van der Waals surface area contributed by atoms with E-state index in [0.29, 0.717) is 16.5 Å². The van der Waals surface area contributed by atoms with E-state index in [4.69, 9.17) is 10.2 Å². The van der Waals surface area contributed by atoms with E-state index in [1.165, 1.54) is 23.9 Å². The average Bonchev–Trinajstić information content (AvgIpc) is 2.58. The number of nitrogens with one attached hydrogen (secondary N) is 1. The lowest BCUT2D eigenvalue weighted by atomic mass is 10.0. The number of H-pyrrole nitrogens is 1. The zero-order valence-corrected chi connectivity index (χ0v) is 13.8. The number of hydrogen-bond donors (Lipinski definition) is 2. The number of rotatable bonds is 3. The Kier molecular flexibility index (Phi) is 3.77. The molecule has 3 N–H and O–H groups in total. The fourth-order valence-electron chi connectivity index (χ4n) is 2.80. The molecule has 0 unspecified atom stereocenters. The summed E-state index contributed by atoms with van der Waals surface area (Å²) < 4.78 is 5.34. The van der Waals surface area contributed by atoms with E-state index >= 15 is 0 Å². The summed E-state index contributed by atoms with van der Waals surface area (Å²) in [6, 6.07) is 14.3. The minimum absolute atomic E-state index is 0.161. The fourth-order valence-corrected chi connectivity index (χ4v) is 3.66. The number of fused-ring (bicyclic) bond motifs is 3.